The largest absolute Gasteiger partial charge is 0.497 e. The summed E-state index contributed by atoms with van der Waals surface area (Å²) in [5, 5.41) is 2.82. The molecule has 2 rings (SSSR count). The molecule has 3 N–H and O–H groups in total. The molecule has 0 saturated carbocycles. The lowest BCUT2D eigenvalue weighted by Crippen LogP contribution is -2.22. The fourth-order valence-electron chi connectivity index (χ4n) is 1.62. The van der Waals surface area contributed by atoms with E-state index in [2.05, 4.69) is 10.3 Å². The van der Waals surface area contributed by atoms with Crippen LogP contribution < -0.4 is 15.8 Å². The van der Waals surface area contributed by atoms with Crippen LogP contribution in [0.15, 0.2) is 42.6 Å². The minimum Gasteiger partial charge on any atom is -0.497 e. The van der Waals surface area contributed by atoms with E-state index in [1.165, 1.54) is 6.20 Å². The van der Waals surface area contributed by atoms with Crippen LogP contribution in [-0.2, 0) is 6.54 Å². The second-order valence-electron chi connectivity index (χ2n) is 4.00. The first-order chi connectivity index (χ1) is 9.19. The molecule has 1 amide bonds. The van der Waals surface area contributed by atoms with Gasteiger partial charge >= 0.3 is 0 Å². The minimum atomic E-state index is -0.176. The molecule has 0 saturated heterocycles. The van der Waals surface area contributed by atoms with E-state index in [-0.39, 0.29) is 5.91 Å². The molecule has 0 bridgehead atoms. The molecule has 0 atom stereocenters. The quantitative estimate of drug-likeness (QED) is 0.872. The Balaban J connectivity index is 1.96. The number of nitrogens with two attached hydrogens (primary N) is 1. The lowest BCUT2D eigenvalue weighted by molar-refractivity contribution is 0.0951. The second kappa shape index (κ2) is 5.86. The number of ether oxygens (including phenoxy) is 1. The smallest absolute Gasteiger partial charge is 0.251 e. The summed E-state index contributed by atoms with van der Waals surface area (Å²) in [6, 6.07) is 10.7. The lowest BCUT2D eigenvalue weighted by Gasteiger charge is -2.06. The van der Waals surface area contributed by atoms with Crippen LogP contribution in [-0.4, -0.2) is 18.0 Å². The summed E-state index contributed by atoms with van der Waals surface area (Å²) in [5.41, 5.74) is 7.03. The van der Waals surface area contributed by atoms with Crippen molar-refractivity contribution in [3.8, 4) is 5.75 Å². The molecule has 0 aliphatic heterocycles. The molecule has 19 heavy (non-hydrogen) atoms. The van der Waals surface area contributed by atoms with Crippen LogP contribution in [0.3, 0.4) is 0 Å². The van der Waals surface area contributed by atoms with Crippen molar-refractivity contribution in [2.45, 2.75) is 6.54 Å². The molecule has 0 radical (unpaired) electrons. The van der Waals surface area contributed by atoms with Gasteiger partial charge in [-0.2, -0.15) is 0 Å². The number of pyridine rings is 1. The number of amides is 1. The Morgan fingerprint density at radius 2 is 2.05 bits per heavy atom. The molecule has 5 nitrogen and oxygen atoms in total. The number of nitrogen functional groups attached to an aromatic ring is 1. The maximum absolute atomic E-state index is 11.9. The summed E-state index contributed by atoms with van der Waals surface area (Å²) >= 11 is 0. The fraction of sp³-hybridized carbons (Fsp3) is 0.143. The van der Waals surface area contributed by atoms with Crippen molar-refractivity contribution in [3.63, 3.8) is 0 Å². The molecule has 0 unspecified atom stereocenters. The number of rotatable bonds is 4. The van der Waals surface area contributed by atoms with Gasteiger partial charge in [0.15, 0.2) is 0 Å². The van der Waals surface area contributed by atoms with Crippen LogP contribution >= 0.6 is 0 Å². The van der Waals surface area contributed by atoms with Gasteiger partial charge in [0.1, 0.15) is 11.6 Å². The van der Waals surface area contributed by atoms with Gasteiger partial charge in [0.25, 0.3) is 5.91 Å². The number of hydrogen-bond acceptors (Lipinski definition) is 4. The Kier molecular flexibility index (Phi) is 3.97. The first kappa shape index (κ1) is 12.9. The van der Waals surface area contributed by atoms with E-state index >= 15 is 0 Å². The lowest BCUT2D eigenvalue weighted by atomic mass is 10.2. The zero-order chi connectivity index (χ0) is 13.7. The second-order valence-corrected chi connectivity index (χ2v) is 4.00. The van der Waals surface area contributed by atoms with E-state index in [1.807, 2.05) is 24.3 Å². The Bertz CT molecular complexity index is 567. The average Bonchev–Trinajstić information content (AvgIpc) is 2.45. The van der Waals surface area contributed by atoms with Gasteiger partial charge in [-0.05, 0) is 29.8 Å². The zero-order valence-corrected chi connectivity index (χ0v) is 10.6. The highest BCUT2D eigenvalue weighted by molar-refractivity contribution is 5.94. The normalized spacial score (nSPS) is 9.95. The van der Waals surface area contributed by atoms with Gasteiger partial charge in [0.05, 0.1) is 7.11 Å². The molecular weight excluding hydrogens is 242 g/mol. The molecule has 0 aliphatic rings. The van der Waals surface area contributed by atoms with E-state index in [9.17, 15) is 4.79 Å². The van der Waals surface area contributed by atoms with E-state index in [4.69, 9.17) is 10.5 Å². The van der Waals surface area contributed by atoms with Gasteiger partial charge in [0.2, 0.25) is 0 Å². The number of benzene rings is 1. The first-order valence-corrected chi connectivity index (χ1v) is 5.81. The fourth-order valence-corrected chi connectivity index (χ4v) is 1.62. The molecule has 98 valence electrons. The highest BCUT2D eigenvalue weighted by atomic mass is 16.5. The Morgan fingerprint density at radius 1 is 1.32 bits per heavy atom. The predicted octanol–water partition coefficient (Wildman–Crippen LogP) is 1.60. The standard InChI is InChI=1S/C14H15N3O2/c1-19-12-4-2-10(3-5-12)9-17-14(18)11-6-7-16-13(15)8-11/h2-8H,9H2,1H3,(H2,15,16)(H,17,18). The van der Waals surface area contributed by atoms with Crippen molar-refractivity contribution in [2.24, 2.45) is 0 Å². The van der Waals surface area contributed by atoms with Gasteiger partial charge < -0.3 is 15.8 Å². The number of nitrogens with zero attached hydrogens (tertiary/aromatic N) is 1. The summed E-state index contributed by atoms with van der Waals surface area (Å²) in [5.74, 6) is 0.944. The maximum atomic E-state index is 11.9. The topological polar surface area (TPSA) is 77.2 Å². The van der Waals surface area contributed by atoms with Crippen molar-refractivity contribution >= 4 is 11.7 Å². The van der Waals surface area contributed by atoms with Crippen molar-refractivity contribution in [3.05, 3.63) is 53.7 Å². The molecule has 5 heteroatoms. The van der Waals surface area contributed by atoms with Gasteiger partial charge in [-0.25, -0.2) is 4.98 Å². The van der Waals surface area contributed by atoms with E-state index in [0.717, 1.165) is 11.3 Å². The Labute approximate surface area is 111 Å². The summed E-state index contributed by atoms with van der Waals surface area (Å²) in [4.78, 5) is 15.7. The third-order valence-corrected chi connectivity index (χ3v) is 2.66. The number of carbonyl (C=O) groups excluding carboxylic acids is 1. The molecule has 1 heterocycles. The molecule has 1 aromatic carbocycles. The summed E-state index contributed by atoms with van der Waals surface area (Å²) < 4.78 is 5.07. The molecule has 2 aromatic rings. The number of aromatic nitrogens is 1. The highest BCUT2D eigenvalue weighted by Crippen LogP contribution is 2.11. The van der Waals surface area contributed by atoms with Crippen LogP contribution in [0.2, 0.25) is 0 Å². The number of anilines is 1. The van der Waals surface area contributed by atoms with Crippen molar-refractivity contribution in [2.75, 3.05) is 12.8 Å². The van der Waals surface area contributed by atoms with Crippen LogP contribution in [0.25, 0.3) is 0 Å². The minimum absolute atomic E-state index is 0.176. The van der Waals surface area contributed by atoms with Crippen molar-refractivity contribution in [1.82, 2.24) is 10.3 Å². The third-order valence-electron chi connectivity index (χ3n) is 2.66. The Morgan fingerprint density at radius 3 is 2.68 bits per heavy atom. The van der Waals surface area contributed by atoms with E-state index < -0.39 is 0 Å². The van der Waals surface area contributed by atoms with Crippen LogP contribution in [0, 0.1) is 0 Å². The molecule has 0 fully saturated rings. The highest BCUT2D eigenvalue weighted by Gasteiger charge is 2.05. The summed E-state index contributed by atoms with van der Waals surface area (Å²) in [6.45, 7) is 0.449. The van der Waals surface area contributed by atoms with Crippen LogP contribution in [0.1, 0.15) is 15.9 Å². The molecule has 0 spiro atoms. The average molecular weight is 257 g/mol. The summed E-state index contributed by atoms with van der Waals surface area (Å²) in [6.07, 6.45) is 1.51. The van der Waals surface area contributed by atoms with Crippen LogP contribution in [0.5, 0.6) is 5.75 Å². The number of methoxy groups -OCH3 is 1. The monoisotopic (exact) mass is 257 g/mol. The SMILES string of the molecule is COc1ccc(CNC(=O)c2ccnc(N)c2)cc1. The van der Waals surface area contributed by atoms with Gasteiger partial charge in [-0.15, -0.1) is 0 Å². The van der Waals surface area contributed by atoms with E-state index in [0.29, 0.717) is 17.9 Å². The zero-order valence-electron chi connectivity index (χ0n) is 10.6. The summed E-state index contributed by atoms with van der Waals surface area (Å²) in [7, 11) is 1.62. The molecular formula is C14H15N3O2. The predicted molar refractivity (Wildman–Crippen MR) is 72.8 cm³/mol. The van der Waals surface area contributed by atoms with Crippen molar-refractivity contribution < 1.29 is 9.53 Å². The third kappa shape index (κ3) is 3.45. The van der Waals surface area contributed by atoms with E-state index in [1.54, 1.807) is 19.2 Å². The van der Waals surface area contributed by atoms with Gasteiger partial charge in [-0.3, -0.25) is 4.79 Å². The Hall–Kier alpha value is -2.56. The van der Waals surface area contributed by atoms with Gasteiger partial charge in [-0.1, -0.05) is 12.1 Å². The molecule has 1 aromatic heterocycles. The van der Waals surface area contributed by atoms with Crippen LogP contribution in [0.4, 0.5) is 5.82 Å². The van der Waals surface area contributed by atoms with Crippen molar-refractivity contribution in [1.29, 1.82) is 0 Å². The number of carbonyl (C=O) groups is 1. The molecule has 0 aliphatic carbocycles. The number of nitrogens with one attached hydrogen (secondary N) is 1. The maximum Gasteiger partial charge on any atom is 0.251 e. The first-order valence-electron chi connectivity index (χ1n) is 5.81. The number of hydrogen-bond donors (Lipinski definition) is 2. The van der Waals surface area contributed by atoms with Gasteiger partial charge in [0, 0.05) is 18.3 Å².